The van der Waals surface area contributed by atoms with Crippen LogP contribution in [-0.4, -0.2) is 20.2 Å². The predicted molar refractivity (Wildman–Crippen MR) is 64.2 cm³/mol. The van der Waals surface area contributed by atoms with Crippen LogP contribution >= 0.6 is 0 Å². The van der Waals surface area contributed by atoms with Gasteiger partial charge < -0.3 is 0 Å². The molecule has 1 aromatic carbocycles. The number of benzene rings is 1. The number of hydrogen-bond donors (Lipinski definition) is 1. The molecule has 1 aromatic rings. The SMILES string of the molecule is CC(=O)Cc1ccc(S(=O)(=O)NC2CC2)cc1. The summed E-state index contributed by atoms with van der Waals surface area (Å²) in [5, 5.41) is 0. The lowest BCUT2D eigenvalue weighted by molar-refractivity contribution is -0.116. The van der Waals surface area contributed by atoms with E-state index >= 15 is 0 Å². The van der Waals surface area contributed by atoms with Crippen molar-refractivity contribution in [3.63, 3.8) is 0 Å². The molecule has 1 aliphatic rings. The highest BCUT2D eigenvalue weighted by atomic mass is 32.2. The molecule has 0 saturated heterocycles. The number of carbonyl (C=O) groups excluding carboxylic acids is 1. The van der Waals surface area contributed by atoms with Crippen molar-refractivity contribution >= 4 is 15.8 Å². The third kappa shape index (κ3) is 3.38. The second-order valence-electron chi connectivity index (χ2n) is 4.42. The van der Waals surface area contributed by atoms with Crippen molar-refractivity contribution in [1.82, 2.24) is 4.72 Å². The molecule has 0 heterocycles. The van der Waals surface area contributed by atoms with E-state index in [2.05, 4.69) is 4.72 Å². The summed E-state index contributed by atoms with van der Waals surface area (Å²) >= 11 is 0. The van der Waals surface area contributed by atoms with Crippen LogP contribution in [0.25, 0.3) is 0 Å². The van der Waals surface area contributed by atoms with Gasteiger partial charge in [0, 0.05) is 12.5 Å². The van der Waals surface area contributed by atoms with Crippen molar-refractivity contribution < 1.29 is 13.2 Å². The maximum Gasteiger partial charge on any atom is 0.240 e. The van der Waals surface area contributed by atoms with E-state index in [0.29, 0.717) is 6.42 Å². The van der Waals surface area contributed by atoms with E-state index in [1.165, 1.54) is 6.92 Å². The zero-order valence-electron chi connectivity index (χ0n) is 9.64. The van der Waals surface area contributed by atoms with Gasteiger partial charge in [0.15, 0.2) is 0 Å². The van der Waals surface area contributed by atoms with Crippen LogP contribution in [-0.2, 0) is 21.2 Å². The summed E-state index contributed by atoms with van der Waals surface area (Å²) in [6, 6.07) is 6.56. The highest BCUT2D eigenvalue weighted by Crippen LogP contribution is 2.22. The molecule has 2 rings (SSSR count). The van der Waals surface area contributed by atoms with E-state index in [1.807, 2.05) is 0 Å². The second kappa shape index (κ2) is 4.58. The minimum Gasteiger partial charge on any atom is -0.300 e. The lowest BCUT2D eigenvalue weighted by Gasteiger charge is -2.06. The van der Waals surface area contributed by atoms with Crippen LogP contribution in [0.3, 0.4) is 0 Å². The summed E-state index contributed by atoms with van der Waals surface area (Å²) in [5.41, 5.74) is 0.836. The molecule has 0 bridgehead atoms. The molecule has 5 heteroatoms. The molecule has 4 nitrogen and oxygen atoms in total. The Morgan fingerprint density at radius 2 is 1.88 bits per heavy atom. The van der Waals surface area contributed by atoms with Gasteiger partial charge in [0.25, 0.3) is 0 Å². The summed E-state index contributed by atoms with van der Waals surface area (Å²) in [6.07, 6.45) is 2.18. The molecular formula is C12H15NO3S. The van der Waals surface area contributed by atoms with Crippen LogP contribution in [0.4, 0.5) is 0 Å². The molecule has 0 unspecified atom stereocenters. The summed E-state index contributed by atoms with van der Waals surface area (Å²) in [4.78, 5) is 11.2. The van der Waals surface area contributed by atoms with Gasteiger partial charge in [-0.1, -0.05) is 12.1 Å². The molecule has 1 fully saturated rings. The van der Waals surface area contributed by atoms with Crippen LogP contribution in [0.5, 0.6) is 0 Å². The van der Waals surface area contributed by atoms with Crippen molar-refractivity contribution in [1.29, 1.82) is 0 Å². The summed E-state index contributed by atoms with van der Waals surface area (Å²) in [5.74, 6) is 0.0664. The van der Waals surface area contributed by atoms with Crippen molar-refractivity contribution in [2.75, 3.05) is 0 Å². The van der Waals surface area contributed by atoms with Gasteiger partial charge in [-0.2, -0.15) is 0 Å². The average Bonchev–Trinajstić information content (AvgIpc) is 3.01. The van der Waals surface area contributed by atoms with Gasteiger partial charge in [0.2, 0.25) is 10.0 Å². The van der Waals surface area contributed by atoms with E-state index in [1.54, 1.807) is 24.3 Å². The fourth-order valence-electron chi connectivity index (χ4n) is 1.56. The summed E-state index contributed by atoms with van der Waals surface area (Å²) < 4.78 is 26.3. The van der Waals surface area contributed by atoms with Crippen LogP contribution in [0.15, 0.2) is 29.2 Å². The van der Waals surface area contributed by atoms with Crippen molar-refractivity contribution in [3.8, 4) is 0 Å². The molecule has 1 N–H and O–H groups in total. The van der Waals surface area contributed by atoms with E-state index in [0.717, 1.165) is 18.4 Å². The van der Waals surface area contributed by atoms with Crippen LogP contribution in [0.1, 0.15) is 25.3 Å². The Kier molecular flexibility index (Phi) is 3.31. The standard InChI is InChI=1S/C12H15NO3S/c1-9(14)8-10-2-6-12(7-3-10)17(15,16)13-11-4-5-11/h2-3,6-7,11,13H,4-5,8H2,1H3. The first-order valence-corrected chi connectivity index (χ1v) is 7.06. The number of rotatable bonds is 5. The zero-order valence-corrected chi connectivity index (χ0v) is 10.5. The van der Waals surface area contributed by atoms with Crippen molar-refractivity contribution in [3.05, 3.63) is 29.8 Å². The number of nitrogens with one attached hydrogen (secondary N) is 1. The summed E-state index contributed by atoms with van der Waals surface area (Å²) in [6.45, 7) is 1.51. The number of ketones is 1. The maximum atomic E-state index is 11.8. The molecule has 0 amide bonds. The second-order valence-corrected chi connectivity index (χ2v) is 6.13. The van der Waals surface area contributed by atoms with Crippen LogP contribution < -0.4 is 4.72 Å². The Balaban J connectivity index is 2.13. The lowest BCUT2D eigenvalue weighted by atomic mass is 10.1. The molecule has 1 saturated carbocycles. The fraction of sp³-hybridized carbons (Fsp3) is 0.417. The molecule has 0 atom stereocenters. The number of sulfonamides is 1. The van der Waals surface area contributed by atoms with E-state index < -0.39 is 10.0 Å². The first-order valence-electron chi connectivity index (χ1n) is 5.58. The topological polar surface area (TPSA) is 63.2 Å². The largest absolute Gasteiger partial charge is 0.300 e. The Hall–Kier alpha value is -1.20. The van der Waals surface area contributed by atoms with Gasteiger partial charge >= 0.3 is 0 Å². The van der Waals surface area contributed by atoms with Crippen LogP contribution in [0, 0.1) is 0 Å². The minimum absolute atomic E-state index is 0.0664. The number of hydrogen-bond acceptors (Lipinski definition) is 3. The third-order valence-corrected chi connectivity index (χ3v) is 4.12. The highest BCUT2D eigenvalue weighted by molar-refractivity contribution is 7.89. The average molecular weight is 253 g/mol. The van der Waals surface area contributed by atoms with E-state index in [-0.39, 0.29) is 16.7 Å². The Morgan fingerprint density at radius 3 is 2.35 bits per heavy atom. The lowest BCUT2D eigenvalue weighted by Crippen LogP contribution is -2.25. The Labute approximate surface area is 101 Å². The molecule has 0 spiro atoms. The quantitative estimate of drug-likeness (QED) is 0.859. The van der Waals surface area contributed by atoms with Gasteiger partial charge in [-0.25, -0.2) is 13.1 Å². The Morgan fingerprint density at radius 1 is 1.29 bits per heavy atom. The van der Waals surface area contributed by atoms with Gasteiger partial charge in [0.05, 0.1) is 4.90 Å². The van der Waals surface area contributed by atoms with Gasteiger partial charge in [0.1, 0.15) is 5.78 Å². The molecule has 1 aliphatic carbocycles. The molecule has 92 valence electrons. The monoisotopic (exact) mass is 253 g/mol. The highest BCUT2D eigenvalue weighted by Gasteiger charge is 2.27. The van der Waals surface area contributed by atoms with Crippen molar-refractivity contribution in [2.45, 2.75) is 37.1 Å². The molecular weight excluding hydrogens is 238 g/mol. The first-order chi connectivity index (χ1) is 7.97. The smallest absolute Gasteiger partial charge is 0.240 e. The Bertz CT molecular complexity index is 515. The van der Waals surface area contributed by atoms with Crippen LogP contribution in [0.2, 0.25) is 0 Å². The maximum absolute atomic E-state index is 11.8. The normalized spacial score (nSPS) is 15.8. The van der Waals surface area contributed by atoms with Gasteiger partial charge in [-0.3, -0.25) is 4.79 Å². The third-order valence-electron chi connectivity index (χ3n) is 2.59. The number of carbonyl (C=O) groups is 1. The number of Topliss-reactive ketones (excluding diaryl/α,β-unsaturated/α-hetero) is 1. The molecule has 0 aliphatic heterocycles. The van der Waals surface area contributed by atoms with Crippen molar-refractivity contribution in [2.24, 2.45) is 0 Å². The fourth-order valence-corrected chi connectivity index (χ4v) is 2.87. The minimum atomic E-state index is -3.38. The predicted octanol–water partition coefficient (Wildman–Crippen LogP) is 1.26. The molecule has 0 aromatic heterocycles. The van der Waals surface area contributed by atoms with E-state index in [9.17, 15) is 13.2 Å². The zero-order chi connectivity index (χ0) is 12.5. The summed E-state index contributed by atoms with van der Waals surface area (Å²) in [7, 11) is -3.38. The first kappa shape index (κ1) is 12.3. The van der Waals surface area contributed by atoms with E-state index in [4.69, 9.17) is 0 Å². The molecule has 17 heavy (non-hydrogen) atoms. The van der Waals surface area contributed by atoms with Gasteiger partial charge in [-0.15, -0.1) is 0 Å². The van der Waals surface area contributed by atoms with Gasteiger partial charge in [-0.05, 0) is 37.5 Å². The molecule has 0 radical (unpaired) electrons.